The Balaban J connectivity index is 1.75. The molecule has 0 aromatic heterocycles. The number of hydrogen-bond acceptors (Lipinski definition) is 4. The fourth-order valence-corrected chi connectivity index (χ4v) is 2.71. The molecule has 3 rings (SSSR count). The van der Waals surface area contributed by atoms with Crippen molar-refractivity contribution in [1.29, 1.82) is 0 Å². The van der Waals surface area contributed by atoms with Crippen LogP contribution in [0.25, 0.3) is 6.08 Å². The molecule has 0 aliphatic carbocycles. The Bertz CT molecular complexity index is 483. The van der Waals surface area contributed by atoms with E-state index in [0.29, 0.717) is 0 Å². The van der Waals surface area contributed by atoms with Crippen LogP contribution in [-0.4, -0.2) is 37.5 Å². The minimum atomic E-state index is -0.589. The summed E-state index contributed by atoms with van der Waals surface area (Å²) in [5, 5.41) is 0. The van der Waals surface area contributed by atoms with E-state index >= 15 is 0 Å². The van der Waals surface area contributed by atoms with Crippen LogP contribution in [0.1, 0.15) is 19.4 Å². The molecule has 2 heterocycles. The van der Waals surface area contributed by atoms with Crippen LogP contribution in [-0.2, 0) is 18.9 Å². The van der Waals surface area contributed by atoms with Crippen molar-refractivity contribution in [1.82, 2.24) is 0 Å². The van der Waals surface area contributed by atoms with E-state index in [2.05, 4.69) is 0 Å². The van der Waals surface area contributed by atoms with Crippen molar-refractivity contribution in [2.45, 2.75) is 44.2 Å². The summed E-state index contributed by atoms with van der Waals surface area (Å²) < 4.78 is 23.0. The van der Waals surface area contributed by atoms with Crippen molar-refractivity contribution >= 4 is 6.08 Å². The van der Waals surface area contributed by atoms with Gasteiger partial charge in [-0.15, -0.1) is 0 Å². The first-order chi connectivity index (χ1) is 9.59. The van der Waals surface area contributed by atoms with E-state index in [1.807, 2.05) is 56.3 Å². The van der Waals surface area contributed by atoms with Gasteiger partial charge in [0.15, 0.2) is 12.1 Å². The van der Waals surface area contributed by atoms with Crippen molar-refractivity contribution in [3.05, 3.63) is 42.0 Å². The second kappa shape index (κ2) is 5.30. The Morgan fingerprint density at radius 2 is 1.80 bits per heavy atom. The molecule has 20 heavy (non-hydrogen) atoms. The summed E-state index contributed by atoms with van der Waals surface area (Å²) in [6.45, 7) is 3.83. The van der Waals surface area contributed by atoms with Crippen molar-refractivity contribution in [3.8, 4) is 0 Å². The van der Waals surface area contributed by atoms with Gasteiger partial charge in [0.2, 0.25) is 0 Å². The van der Waals surface area contributed by atoms with Crippen LogP contribution < -0.4 is 0 Å². The molecule has 2 fully saturated rings. The number of ether oxygens (including phenoxy) is 4. The third-order valence-electron chi connectivity index (χ3n) is 3.56. The Morgan fingerprint density at radius 1 is 1.10 bits per heavy atom. The third-order valence-corrected chi connectivity index (χ3v) is 3.56. The zero-order valence-corrected chi connectivity index (χ0v) is 12.0. The number of methoxy groups -OCH3 is 1. The average molecular weight is 276 g/mol. The molecule has 0 saturated carbocycles. The van der Waals surface area contributed by atoms with Crippen molar-refractivity contribution < 1.29 is 18.9 Å². The largest absolute Gasteiger partial charge is 0.353 e. The van der Waals surface area contributed by atoms with E-state index in [0.717, 1.165) is 5.56 Å². The summed E-state index contributed by atoms with van der Waals surface area (Å²) >= 11 is 0. The first-order valence-corrected chi connectivity index (χ1v) is 6.86. The summed E-state index contributed by atoms with van der Waals surface area (Å²) in [5.41, 5.74) is 1.13. The van der Waals surface area contributed by atoms with E-state index in [-0.39, 0.29) is 24.6 Å². The molecule has 4 atom stereocenters. The standard InChI is InChI=1S/C16H20O4/c1-16(2)19-13-12(18-15(17-3)14(13)20-16)10-9-11-7-5-4-6-8-11/h4-10,12-15H,1-3H3/b10-9+/t12-,13?,14?,15+/m0/s1. The molecular weight excluding hydrogens is 256 g/mol. The van der Waals surface area contributed by atoms with E-state index in [1.165, 1.54) is 0 Å². The molecule has 4 heteroatoms. The van der Waals surface area contributed by atoms with E-state index < -0.39 is 5.79 Å². The summed E-state index contributed by atoms with van der Waals surface area (Å²) in [6.07, 6.45) is 3.19. The normalized spacial score (nSPS) is 35.5. The maximum atomic E-state index is 5.93. The maximum Gasteiger partial charge on any atom is 0.187 e. The third kappa shape index (κ3) is 2.65. The molecule has 0 N–H and O–H groups in total. The summed E-state index contributed by atoms with van der Waals surface area (Å²) in [6, 6.07) is 10.1. The molecule has 0 radical (unpaired) electrons. The van der Waals surface area contributed by atoms with Crippen molar-refractivity contribution in [2.24, 2.45) is 0 Å². The summed E-state index contributed by atoms with van der Waals surface area (Å²) in [4.78, 5) is 0. The molecule has 2 aliphatic rings. The van der Waals surface area contributed by atoms with Gasteiger partial charge in [0.25, 0.3) is 0 Å². The van der Waals surface area contributed by atoms with Crippen LogP contribution in [0, 0.1) is 0 Å². The van der Waals surface area contributed by atoms with Gasteiger partial charge >= 0.3 is 0 Å². The van der Waals surface area contributed by atoms with Gasteiger partial charge < -0.3 is 18.9 Å². The highest BCUT2D eigenvalue weighted by molar-refractivity contribution is 5.49. The van der Waals surface area contributed by atoms with Crippen LogP contribution in [0.15, 0.2) is 36.4 Å². The minimum Gasteiger partial charge on any atom is -0.353 e. The Labute approximate surface area is 119 Å². The molecule has 108 valence electrons. The lowest BCUT2D eigenvalue weighted by molar-refractivity contribution is -0.221. The number of hydrogen-bond donors (Lipinski definition) is 0. The predicted molar refractivity (Wildman–Crippen MR) is 75.0 cm³/mol. The highest BCUT2D eigenvalue weighted by atomic mass is 16.8. The van der Waals surface area contributed by atoms with Gasteiger partial charge in [-0.05, 0) is 19.4 Å². The van der Waals surface area contributed by atoms with Gasteiger partial charge in [0.1, 0.15) is 18.3 Å². The maximum absolute atomic E-state index is 5.93. The average Bonchev–Trinajstić information content (AvgIpc) is 2.91. The lowest BCUT2D eigenvalue weighted by atomic mass is 10.1. The number of benzene rings is 1. The molecule has 2 aliphatic heterocycles. The van der Waals surface area contributed by atoms with Gasteiger partial charge in [0, 0.05) is 7.11 Å². The number of fused-ring (bicyclic) bond motifs is 1. The van der Waals surface area contributed by atoms with Crippen LogP contribution in [0.3, 0.4) is 0 Å². The van der Waals surface area contributed by atoms with Crippen LogP contribution in [0.4, 0.5) is 0 Å². The topological polar surface area (TPSA) is 36.9 Å². The Morgan fingerprint density at radius 3 is 2.50 bits per heavy atom. The molecule has 4 nitrogen and oxygen atoms in total. The fourth-order valence-electron chi connectivity index (χ4n) is 2.71. The fraction of sp³-hybridized carbons (Fsp3) is 0.500. The molecule has 0 bridgehead atoms. The zero-order valence-electron chi connectivity index (χ0n) is 12.0. The molecule has 0 amide bonds. The van der Waals surface area contributed by atoms with Gasteiger partial charge in [-0.25, -0.2) is 0 Å². The van der Waals surface area contributed by atoms with Gasteiger partial charge in [-0.2, -0.15) is 0 Å². The van der Waals surface area contributed by atoms with Gasteiger partial charge in [-0.3, -0.25) is 0 Å². The molecular formula is C16H20O4. The van der Waals surface area contributed by atoms with E-state index in [1.54, 1.807) is 7.11 Å². The SMILES string of the molecule is CO[C@@H]1O[C@@H](/C=C/c2ccccc2)C2OC(C)(C)OC21. The summed E-state index contributed by atoms with van der Waals surface area (Å²) in [5.74, 6) is -0.589. The van der Waals surface area contributed by atoms with Gasteiger partial charge in [0.05, 0.1) is 0 Å². The second-order valence-corrected chi connectivity index (χ2v) is 5.54. The molecule has 2 unspecified atom stereocenters. The minimum absolute atomic E-state index is 0.130. The molecule has 1 aromatic rings. The first-order valence-electron chi connectivity index (χ1n) is 6.86. The second-order valence-electron chi connectivity index (χ2n) is 5.54. The predicted octanol–water partition coefficient (Wildman–Crippen LogP) is 2.59. The lowest BCUT2D eigenvalue weighted by Gasteiger charge is -2.22. The number of rotatable bonds is 3. The van der Waals surface area contributed by atoms with Crippen molar-refractivity contribution in [2.75, 3.05) is 7.11 Å². The molecule has 0 spiro atoms. The van der Waals surface area contributed by atoms with Crippen LogP contribution in [0.5, 0.6) is 0 Å². The smallest absolute Gasteiger partial charge is 0.187 e. The van der Waals surface area contributed by atoms with E-state index in [4.69, 9.17) is 18.9 Å². The highest BCUT2D eigenvalue weighted by Crippen LogP contribution is 2.39. The Kier molecular flexibility index (Phi) is 3.65. The van der Waals surface area contributed by atoms with Crippen LogP contribution in [0.2, 0.25) is 0 Å². The quantitative estimate of drug-likeness (QED) is 0.850. The van der Waals surface area contributed by atoms with E-state index in [9.17, 15) is 0 Å². The van der Waals surface area contributed by atoms with Gasteiger partial charge in [-0.1, -0.05) is 42.5 Å². The monoisotopic (exact) mass is 276 g/mol. The summed E-state index contributed by atoms with van der Waals surface area (Å²) in [7, 11) is 1.62. The lowest BCUT2D eigenvalue weighted by Crippen LogP contribution is -2.30. The van der Waals surface area contributed by atoms with Crippen LogP contribution >= 0.6 is 0 Å². The molecule has 2 saturated heterocycles. The first kappa shape index (κ1) is 13.8. The highest BCUT2D eigenvalue weighted by Gasteiger charge is 2.54. The zero-order chi connectivity index (χ0) is 14.2. The molecule has 1 aromatic carbocycles. The Hall–Kier alpha value is -1.20. The van der Waals surface area contributed by atoms with Crippen molar-refractivity contribution in [3.63, 3.8) is 0 Å².